The van der Waals surface area contributed by atoms with Crippen LogP contribution >= 0.6 is 11.3 Å². The maximum atomic E-state index is 4.56. The van der Waals surface area contributed by atoms with Crippen LogP contribution in [0.3, 0.4) is 0 Å². The Hall–Kier alpha value is -1.40. The Balaban J connectivity index is 2.32. The average Bonchev–Trinajstić information content (AvgIpc) is 2.82. The number of hydrogen-bond donors (Lipinski definition) is 1. The summed E-state index contributed by atoms with van der Waals surface area (Å²) in [7, 11) is 8.07. The van der Waals surface area contributed by atoms with Crippen LogP contribution in [0.5, 0.6) is 0 Å². The zero-order valence-electron chi connectivity index (χ0n) is 11.3. The lowest BCUT2D eigenvalue weighted by molar-refractivity contribution is 0.416. The molecule has 2 aromatic heterocycles. The first-order valence-corrected chi connectivity index (χ1v) is 6.78. The second-order valence-electron chi connectivity index (χ2n) is 4.49. The fourth-order valence-electron chi connectivity index (χ4n) is 1.70. The van der Waals surface area contributed by atoms with Gasteiger partial charge in [0.15, 0.2) is 0 Å². The second-order valence-corrected chi connectivity index (χ2v) is 5.38. The highest BCUT2D eigenvalue weighted by Crippen LogP contribution is 2.28. The topological polar surface area (TPSA) is 44.3 Å². The van der Waals surface area contributed by atoms with Gasteiger partial charge in [0, 0.05) is 27.2 Å². The van der Waals surface area contributed by atoms with Gasteiger partial charge in [-0.2, -0.15) is 4.98 Å². The predicted octanol–water partition coefficient (Wildman–Crippen LogP) is 1.73. The molecular formula is C12H19N5S. The summed E-state index contributed by atoms with van der Waals surface area (Å²) in [5.74, 6) is 1.67. The first-order valence-electron chi connectivity index (χ1n) is 5.90. The van der Waals surface area contributed by atoms with Crippen LogP contribution in [0.2, 0.25) is 0 Å². The maximum Gasteiger partial charge on any atom is 0.225 e. The summed E-state index contributed by atoms with van der Waals surface area (Å²) >= 11 is 1.64. The third-order valence-corrected chi connectivity index (χ3v) is 3.58. The summed E-state index contributed by atoms with van der Waals surface area (Å²) in [6.45, 7) is 1.94. The molecule has 0 aliphatic rings. The molecule has 0 radical (unpaired) electrons. The monoisotopic (exact) mass is 265 g/mol. The first-order chi connectivity index (χ1) is 8.61. The molecule has 0 aliphatic carbocycles. The molecule has 1 N–H and O–H groups in total. The lowest BCUT2D eigenvalue weighted by Gasteiger charge is -2.21. The number of likely N-dealkylation sites (N-methyl/N-ethyl adjacent to an activating group) is 2. The minimum atomic E-state index is 0.677. The number of hydrogen-bond acceptors (Lipinski definition) is 6. The highest BCUT2D eigenvalue weighted by Gasteiger charge is 2.12. The number of nitrogens with one attached hydrogen (secondary N) is 1. The highest BCUT2D eigenvalue weighted by molar-refractivity contribution is 7.16. The predicted molar refractivity (Wildman–Crippen MR) is 78.8 cm³/mol. The van der Waals surface area contributed by atoms with Gasteiger partial charge in [0.1, 0.15) is 10.6 Å². The normalized spacial score (nSPS) is 11.2. The molecule has 0 spiro atoms. The van der Waals surface area contributed by atoms with Crippen molar-refractivity contribution in [3.8, 4) is 0 Å². The minimum absolute atomic E-state index is 0.677. The molecule has 0 fully saturated rings. The SMILES string of the molecule is CNc1nc(N(C)CCN(C)C)c2ccsc2n1. The van der Waals surface area contributed by atoms with Crippen LogP contribution in [0, 0.1) is 0 Å². The summed E-state index contributed by atoms with van der Waals surface area (Å²) in [5.41, 5.74) is 0. The average molecular weight is 265 g/mol. The van der Waals surface area contributed by atoms with Crippen LogP contribution in [0.1, 0.15) is 0 Å². The van der Waals surface area contributed by atoms with E-state index in [1.54, 1.807) is 11.3 Å². The number of rotatable bonds is 5. The van der Waals surface area contributed by atoms with Crippen molar-refractivity contribution >= 4 is 33.3 Å². The Kier molecular flexibility index (Phi) is 3.98. The molecule has 18 heavy (non-hydrogen) atoms. The lowest BCUT2D eigenvalue weighted by atomic mass is 10.3. The van der Waals surface area contributed by atoms with Gasteiger partial charge in [0.2, 0.25) is 5.95 Å². The van der Waals surface area contributed by atoms with Gasteiger partial charge in [0.25, 0.3) is 0 Å². The Morgan fingerprint density at radius 1 is 1.22 bits per heavy atom. The van der Waals surface area contributed by atoms with Crippen molar-refractivity contribution in [3.63, 3.8) is 0 Å². The molecule has 5 nitrogen and oxygen atoms in total. The van der Waals surface area contributed by atoms with Gasteiger partial charge in [-0.15, -0.1) is 11.3 Å². The van der Waals surface area contributed by atoms with Crippen LogP contribution in [0.25, 0.3) is 10.2 Å². The zero-order valence-corrected chi connectivity index (χ0v) is 12.1. The molecule has 0 bridgehead atoms. The highest BCUT2D eigenvalue weighted by atomic mass is 32.1. The first kappa shape index (κ1) is 13.0. The fourth-order valence-corrected chi connectivity index (χ4v) is 2.46. The van der Waals surface area contributed by atoms with E-state index >= 15 is 0 Å². The fraction of sp³-hybridized carbons (Fsp3) is 0.500. The van der Waals surface area contributed by atoms with Crippen LogP contribution < -0.4 is 10.2 Å². The van der Waals surface area contributed by atoms with Crippen LogP contribution in [0.15, 0.2) is 11.4 Å². The van der Waals surface area contributed by atoms with E-state index in [0.29, 0.717) is 5.95 Å². The molecule has 0 saturated heterocycles. The molecule has 6 heteroatoms. The van der Waals surface area contributed by atoms with Gasteiger partial charge in [-0.05, 0) is 25.5 Å². The summed E-state index contributed by atoms with van der Waals surface area (Å²) < 4.78 is 0. The number of anilines is 2. The molecule has 0 unspecified atom stereocenters. The Bertz CT molecular complexity index is 522. The van der Waals surface area contributed by atoms with E-state index in [4.69, 9.17) is 0 Å². The maximum absolute atomic E-state index is 4.56. The molecule has 0 atom stereocenters. The number of thiophene rings is 1. The molecular weight excluding hydrogens is 246 g/mol. The Morgan fingerprint density at radius 2 is 2.00 bits per heavy atom. The molecule has 0 aromatic carbocycles. The van der Waals surface area contributed by atoms with E-state index in [2.05, 4.69) is 57.7 Å². The minimum Gasteiger partial charge on any atom is -0.358 e. The largest absolute Gasteiger partial charge is 0.358 e. The van der Waals surface area contributed by atoms with Gasteiger partial charge >= 0.3 is 0 Å². The Morgan fingerprint density at radius 3 is 2.67 bits per heavy atom. The molecule has 2 rings (SSSR count). The zero-order chi connectivity index (χ0) is 13.1. The van der Waals surface area contributed by atoms with Gasteiger partial charge in [-0.25, -0.2) is 4.98 Å². The molecule has 0 aliphatic heterocycles. The lowest BCUT2D eigenvalue weighted by Crippen LogP contribution is -2.29. The summed E-state index contributed by atoms with van der Waals surface area (Å²) in [4.78, 5) is 14.4. The number of nitrogens with zero attached hydrogens (tertiary/aromatic N) is 4. The van der Waals surface area contributed by atoms with Crippen LogP contribution in [-0.4, -0.2) is 56.1 Å². The van der Waals surface area contributed by atoms with Crippen molar-refractivity contribution in [1.82, 2.24) is 14.9 Å². The van der Waals surface area contributed by atoms with E-state index in [1.165, 1.54) is 0 Å². The van der Waals surface area contributed by atoms with Crippen molar-refractivity contribution in [1.29, 1.82) is 0 Å². The summed E-state index contributed by atoms with van der Waals surface area (Å²) in [5, 5.41) is 6.20. The van der Waals surface area contributed by atoms with E-state index in [1.807, 2.05) is 7.05 Å². The summed E-state index contributed by atoms with van der Waals surface area (Å²) in [6.07, 6.45) is 0. The molecule has 2 heterocycles. The summed E-state index contributed by atoms with van der Waals surface area (Å²) in [6, 6.07) is 2.08. The van der Waals surface area contributed by atoms with Gasteiger partial charge < -0.3 is 15.1 Å². The van der Waals surface area contributed by atoms with E-state index in [-0.39, 0.29) is 0 Å². The van der Waals surface area contributed by atoms with E-state index in [0.717, 1.165) is 29.1 Å². The molecule has 98 valence electrons. The van der Waals surface area contributed by atoms with Crippen molar-refractivity contribution in [3.05, 3.63) is 11.4 Å². The van der Waals surface area contributed by atoms with Crippen LogP contribution in [0.4, 0.5) is 11.8 Å². The van der Waals surface area contributed by atoms with Gasteiger partial charge in [0.05, 0.1) is 5.39 Å². The quantitative estimate of drug-likeness (QED) is 0.892. The second kappa shape index (κ2) is 5.49. The van der Waals surface area contributed by atoms with Crippen LogP contribution in [-0.2, 0) is 0 Å². The van der Waals surface area contributed by atoms with E-state index in [9.17, 15) is 0 Å². The van der Waals surface area contributed by atoms with Crippen molar-refractivity contribution in [2.75, 3.05) is 51.5 Å². The van der Waals surface area contributed by atoms with E-state index < -0.39 is 0 Å². The number of aromatic nitrogens is 2. The van der Waals surface area contributed by atoms with Crippen molar-refractivity contribution in [2.45, 2.75) is 0 Å². The third kappa shape index (κ3) is 2.70. The smallest absolute Gasteiger partial charge is 0.225 e. The molecule has 0 amide bonds. The van der Waals surface area contributed by atoms with Gasteiger partial charge in [-0.3, -0.25) is 0 Å². The standard InChI is InChI=1S/C12H19N5S/c1-13-12-14-10(17(4)7-6-16(2)3)9-5-8-18-11(9)15-12/h5,8H,6-7H2,1-4H3,(H,13,14,15). The van der Waals surface area contributed by atoms with Crippen molar-refractivity contribution < 1.29 is 0 Å². The van der Waals surface area contributed by atoms with Gasteiger partial charge in [-0.1, -0.05) is 0 Å². The Labute approximate surface area is 111 Å². The number of fused-ring (bicyclic) bond motifs is 1. The molecule has 2 aromatic rings. The third-order valence-electron chi connectivity index (χ3n) is 2.77. The molecule has 0 saturated carbocycles. The van der Waals surface area contributed by atoms with Crippen molar-refractivity contribution in [2.24, 2.45) is 0 Å².